The molecule has 0 radical (unpaired) electrons. The number of hydrogen-bond donors (Lipinski definition) is 2. The minimum Gasteiger partial charge on any atom is -0.444 e. The number of carbonyl (C=O) groups is 1. The van der Waals surface area contributed by atoms with E-state index in [9.17, 15) is 13.2 Å². The zero-order valence-corrected chi connectivity index (χ0v) is 14.2. The van der Waals surface area contributed by atoms with E-state index in [1.807, 2.05) is 6.92 Å². The predicted molar refractivity (Wildman–Crippen MR) is 85.1 cm³/mol. The van der Waals surface area contributed by atoms with Crippen LogP contribution in [0.3, 0.4) is 0 Å². The van der Waals surface area contributed by atoms with Crippen molar-refractivity contribution in [2.45, 2.75) is 11.8 Å². The fraction of sp³-hybridized carbons (Fsp3) is 0.214. The molecule has 0 saturated carbocycles. The molecule has 2 N–H and O–H groups in total. The first-order chi connectivity index (χ1) is 10.4. The Morgan fingerprint density at radius 1 is 1.14 bits per heavy atom. The van der Waals surface area contributed by atoms with E-state index in [1.165, 1.54) is 18.2 Å². The van der Waals surface area contributed by atoms with E-state index in [2.05, 4.69) is 26.0 Å². The summed E-state index contributed by atoms with van der Waals surface area (Å²) in [5, 5.41) is 2.56. The van der Waals surface area contributed by atoms with E-state index >= 15 is 0 Å². The Labute approximate surface area is 137 Å². The molecule has 1 aromatic heterocycles. The number of aryl methyl sites for hydroxylation is 1. The molecule has 0 bridgehead atoms. The molecule has 8 heteroatoms. The second-order valence-corrected chi connectivity index (χ2v) is 7.12. The highest BCUT2D eigenvalue weighted by molar-refractivity contribution is 9.10. The fourth-order valence-electron chi connectivity index (χ4n) is 1.69. The van der Waals surface area contributed by atoms with Crippen molar-refractivity contribution >= 4 is 31.9 Å². The normalized spacial score (nSPS) is 11.4. The quantitative estimate of drug-likeness (QED) is 0.743. The Hall–Kier alpha value is -1.64. The van der Waals surface area contributed by atoms with Gasteiger partial charge in [-0.2, -0.15) is 0 Å². The molecule has 0 aliphatic carbocycles. The lowest BCUT2D eigenvalue weighted by Gasteiger charge is -2.07. The molecule has 0 aliphatic rings. The molecule has 1 heterocycles. The molecule has 0 atom stereocenters. The lowest BCUT2D eigenvalue weighted by molar-refractivity contribution is 0.0925. The molecule has 0 saturated heterocycles. The highest BCUT2D eigenvalue weighted by Gasteiger charge is 2.14. The minimum atomic E-state index is -3.57. The van der Waals surface area contributed by atoms with Gasteiger partial charge in [0.2, 0.25) is 10.0 Å². The topological polar surface area (TPSA) is 88.4 Å². The van der Waals surface area contributed by atoms with Gasteiger partial charge >= 0.3 is 0 Å². The molecule has 118 valence electrons. The van der Waals surface area contributed by atoms with E-state index < -0.39 is 15.9 Å². The zero-order chi connectivity index (χ0) is 16.2. The Kier molecular flexibility index (Phi) is 5.38. The van der Waals surface area contributed by atoms with Crippen molar-refractivity contribution in [1.29, 1.82) is 0 Å². The van der Waals surface area contributed by atoms with Crippen LogP contribution in [-0.4, -0.2) is 27.4 Å². The highest BCUT2D eigenvalue weighted by Crippen LogP contribution is 2.13. The molecule has 0 fully saturated rings. The lowest BCUT2D eigenvalue weighted by atomic mass is 10.2. The first kappa shape index (κ1) is 16.7. The minimum absolute atomic E-state index is 0.0871. The van der Waals surface area contributed by atoms with Gasteiger partial charge < -0.3 is 9.73 Å². The van der Waals surface area contributed by atoms with Crippen LogP contribution < -0.4 is 10.0 Å². The lowest BCUT2D eigenvalue weighted by Crippen LogP contribution is -2.34. The zero-order valence-electron chi connectivity index (χ0n) is 11.8. The highest BCUT2D eigenvalue weighted by atomic mass is 79.9. The van der Waals surface area contributed by atoms with Crippen LogP contribution in [0, 0.1) is 6.92 Å². The van der Waals surface area contributed by atoms with Crippen LogP contribution in [0.15, 0.2) is 50.4 Å². The molecule has 0 spiro atoms. The fourth-order valence-corrected chi connectivity index (χ4v) is 3.02. The number of halogens is 1. The molecule has 1 aromatic carbocycles. The summed E-state index contributed by atoms with van der Waals surface area (Å²) in [5.41, 5.74) is 0.982. The standard InChI is InChI=1S/C14H15BrN2O4S/c1-10-2-4-11(5-3-10)22(19,20)17-9-8-16-14(18)12-6-7-13(15)21-12/h2-7,17H,8-9H2,1H3,(H,16,18). The SMILES string of the molecule is Cc1ccc(S(=O)(=O)NCCNC(=O)c2ccc(Br)o2)cc1. The summed E-state index contributed by atoms with van der Waals surface area (Å²) in [4.78, 5) is 11.9. The van der Waals surface area contributed by atoms with Gasteiger partial charge in [-0.15, -0.1) is 0 Å². The molecule has 6 nitrogen and oxygen atoms in total. The van der Waals surface area contributed by atoms with Crippen LogP contribution in [0.4, 0.5) is 0 Å². The Morgan fingerprint density at radius 2 is 1.82 bits per heavy atom. The Balaban J connectivity index is 1.83. The van der Waals surface area contributed by atoms with E-state index in [0.717, 1.165) is 5.56 Å². The summed E-state index contributed by atoms with van der Waals surface area (Å²) in [6.45, 7) is 2.12. The number of benzene rings is 1. The van der Waals surface area contributed by atoms with Gasteiger partial charge in [-0.25, -0.2) is 13.1 Å². The first-order valence-corrected chi connectivity index (χ1v) is 8.76. The summed E-state index contributed by atoms with van der Waals surface area (Å²) in [7, 11) is -3.57. The molecule has 0 aliphatic heterocycles. The van der Waals surface area contributed by atoms with Gasteiger partial charge in [0.25, 0.3) is 5.91 Å². The van der Waals surface area contributed by atoms with E-state index in [0.29, 0.717) is 4.67 Å². The first-order valence-electron chi connectivity index (χ1n) is 6.48. The van der Waals surface area contributed by atoms with E-state index in [1.54, 1.807) is 18.2 Å². The molecular formula is C14H15BrN2O4S. The second kappa shape index (κ2) is 7.08. The second-order valence-electron chi connectivity index (χ2n) is 4.57. The van der Waals surface area contributed by atoms with Crippen LogP contribution in [0.5, 0.6) is 0 Å². The number of rotatable bonds is 6. The van der Waals surface area contributed by atoms with Gasteiger partial charge in [-0.05, 0) is 47.1 Å². The van der Waals surface area contributed by atoms with Gasteiger partial charge in [-0.1, -0.05) is 17.7 Å². The maximum absolute atomic E-state index is 12.0. The third-order valence-electron chi connectivity index (χ3n) is 2.83. The van der Waals surface area contributed by atoms with Gasteiger partial charge in [0.1, 0.15) is 0 Å². The van der Waals surface area contributed by atoms with Crippen molar-refractivity contribution in [3.63, 3.8) is 0 Å². The Morgan fingerprint density at radius 3 is 2.41 bits per heavy atom. The molecule has 22 heavy (non-hydrogen) atoms. The smallest absolute Gasteiger partial charge is 0.287 e. The van der Waals surface area contributed by atoms with Crippen LogP contribution in [-0.2, 0) is 10.0 Å². The average molecular weight is 387 g/mol. The Bertz CT molecular complexity index is 753. The van der Waals surface area contributed by atoms with Gasteiger partial charge in [-0.3, -0.25) is 4.79 Å². The summed E-state index contributed by atoms with van der Waals surface area (Å²) < 4.78 is 32.0. The number of nitrogens with one attached hydrogen (secondary N) is 2. The number of furan rings is 1. The van der Waals surface area contributed by atoms with Crippen molar-refractivity contribution in [1.82, 2.24) is 10.0 Å². The number of carbonyl (C=O) groups excluding carboxylic acids is 1. The van der Waals surface area contributed by atoms with Gasteiger partial charge in [0, 0.05) is 13.1 Å². The molecule has 2 rings (SSSR count). The summed E-state index contributed by atoms with van der Waals surface area (Å²) >= 11 is 3.10. The summed E-state index contributed by atoms with van der Waals surface area (Å²) in [5.74, 6) is -0.242. The molecule has 0 unspecified atom stereocenters. The number of sulfonamides is 1. The summed E-state index contributed by atoms with van der Waals surface area (Å²) in [6.07, 6.45) is 0. The number of hydrogen-bond acceptors (Lipinski definition) is 4. The van der Waals surface area contributed by atoms with Gasteiger partial charge in [0.15, 0.2) is 10.4 Å². The third-order valence-corrected chi connectivity index (χ3v) is 4.73. The van der Waals surface area contributed by atoms with Crippen LogP contribution >= 0.6 is 15.9 Å². The molecule has 1 amide bonds. The van der Waals surface area contributed by atoms with Crippen LogP contribution in [0.25, 0.3) is 0 Å². The average Bonchev–Trinajstić information content (AvgIpc) is 2.90. The maximum Gasteiger partial charge on any atom is 0.287 e. The van der Waals surface area contributed by atoms with E-state index in [4.69, 9.17) is 4.42 Å². The monoisotopic (exact) mass is 386 g/mol. The van der Waals surface area contributed by atoms with Crippen molar-refractivity contribution in [3.05, 3.63) is 52.4 Å². The largest absolute Gasteiger partial charge is 0.444 e. The van der Waals surface area contributed by atoms with Crippen molar-refractivity contribution < 1.29 is 17.6 Å². The van der Waals surface area contributed by atoms with Crippen molar-refractivity contribution in [2.75, 3.05) is 13.1 Å². The van der Waals surface area contributed by atoms with Crippen LogP contribution in [0.1, 0.15) is 16.1 Å². The van der Waals surface area contributed by atoms with E-state index in [-0.39, 0.29) is 23.7 Å². The molecule has 2 aromatic rings. The van der Waals surface area contributed by atoms with Crippen LogP contribution in [0.2, 0.25) is 0 Å². The third kappa shape index (κ3) is 4.43. The number of amides is 1. The van der Waals surface area contributed by atoms with Gasteiger partial charge in [0.05, 0.1) is 4.90 Å². The van der Waals surface area contributed by atoms with Crippen molar-refractivity contribution in [3.8, 4) is 0 Å². The van der Waals surface area contributed by atoms with Crippen molar-refractivity contribution in [2.24, 2.45) is 0 Å². The molecular weight excluding hydrogens is 372 g/mol. The summed E-state index contributed by atoms with van der Waals surface area (Å²) in [6, 6.07) is 9.66. The maximum atomic E-state index is 12.0. The predicted octanol–water partition coefficient (Wildman–Crippen LogP) is 2.06.